The van der Waals surface area contributed by atoms with Crippen LogP contribution in [0, 0.1) is 10.1 Å². The Morgan fingerprint density at radius 2 is 2.10 bits per heavy atom. The van der Waals surface area contributed by atoms with E-state index in [1.165, 1.54) is 24.1 Å². The Hall–Kier alpha value is -2.95. The van der Waals surface area contributed by atoms with Gasteiger partial charge in [-0.2, -0.15) is 11.8 Å². The highest BCUT2D eigenvalue weighted by molar-refractivity contribution is 7.99. The van der Waals surface area contributed by atoms with Gasteiger partial charge >= 0.3 is 12.0 Å². The van der Waals surface area contributed by atoms with Crippen molar-refractivity contribution in [3.8, 4) is 11.5 Å². The molecule has 1 aromatic carbocycles. The molecule has 0 radical (unpaired) electrons. The number of carbonyl (C=O) groups is 2. The zero-order valence-electron chi connectivity index (χ0n) is 16.2. The van der Waals surface area contributed by atoms with E-state index in [-0.39, 0.29) is 36.0 Å². The van der Waals surface area contributed by atoms with Crippen LogP contribution in [0.3, 0.4) is 0 Å². The summed E-state index contributed by atoms with van der Waals surface area (Å²) in [5.74, 6) is 1.43. The first-order valence-corrected chi connectivity index (χ1v) is 10.1. The minimum Gasteiger partial charge on any atom is -0.461 e. The lowest BCUT2D eigenvalue weighted by molar-refractivity contribution is -0.385. The zero-order chi connectivity index (χ0) is 21.1. The van der Waals surface area contributed by atoms with Crippen LogP contribution in [0.25, 0.3) is 0 Å². The van der Waals surface area contributed by atoms with Crippen LogP contribution in [0.15, 0.2) is 23.4 Å². The summed E-state index contributed by atoms with van der Waals surface area (Å²) in [6, 6.07) is 1.11. The number of thioether (sulfide) groups is 1. The number of nitro groups is 1. The molecule has 0 aromatic heterocycles. The number of nitrogens with one attached hydrogen (secondary N) is 1. The van der Waals surface area contributed by atoms with Gasteiger partial charge in [-0.05, 0) is 18.7 Å². The van der Waals surface area contributed by atoms with Gasteiger partial charge in [0.05, 0.1) is 28.2 Å². The van der Waals surface area contributed by atoms with Gasteiger partial charge in [0, 0.05) is 18.5 Å². The summed E-state index contributed by atoms with van der Waals surface area (Å²) in [4.78, 5) is 37.5. The third kappa shape index (κ3) is 4.09. The number of hydrogen-bond donors (Lipinski definition) is 1. The number of benzene rings is 1. The lowest BCUT2D eigenvalue weighted by atomic mass is 9.93. The van der Waals surface area contributed by atoms with Crippen LogP contribution in [-0.4, -0.2) is 53.8 Å². The van der Waals surface area contributed by atoms with Crippen molar-refractivity contribution in [1.82, 2.24) is 10.2 Å². The van der Waals surface area contributed by atoms with E-state index in [0.717, 1.165) is 5.75 Å². The van der Waals surface area contributed by atoms with E-state index in [9.17, 15) is 19.7 Å². The molecular weight excluding hydrogens is 402 g/mol. The van der Waals surface area contributed by atoms with Gasteiger partial charge in [0.15, 0.2) is 11.5 Å². The van der Waals surface area contributed by atoms with Crippen molar-refractivity contribution in [1.29, 1.82) is 0 Å². The molecule has 156 valence electrons. The van der Waals surface area contributed by atoms with E-state index in [1.54, 1.807) is 18.7 Å². The van der Waals surface area contributed by atoms with E-state index in [2.05, 4.69) is 5.32 Å². The number of nitrogens with zero attached hydrogens (tertiary/aromatic N) is 2. The summed E-state index contributed by atoms with van der Waals surface area (Å²) >= 11 is 1.62. The fourth-order valence-corrected chi connectivity index (χ4v) is 3.57. The summed E-state index contributed by atoms with van der Waals surface area (Å²) in [6.07, 6.45) is 0. The topological polar surface area (TPSA) is 120 Å². The van der Waals surface area contributed by atoms with E-state index in [4.69, 9.17) is 14.2 Å². The first-order chi connectivity index (χ1) is 13.8. The maximum absolute atomic E-state index is 12.8. The fourth-order valence-electron chi connectivity index (χ4n) is 3.08. The standard InChI is InChI=1S/C18H21N3O7S/c1-4-29-6-5-26-17(22)15-10(2)20(3)18(23)19-16(15)11-7-13-14(28-9-27-13)8-12(11)21(24)25/h7-8,16H,4-6,9H2,1-3H3,(H,19,23)/t16-/m1/s1. The number of hydrogen-bond acceptors (Lipinski definition) is 8. The molecule has 0 unspecified atom stereocenters. The molecule has 29 heavy (non-hydrogen) atoms. The molecule has 0 fully saturated rings. The van der Waals surface area contributed by atoms with Gasteiger partial charge in [-0.3, -0.25) is 10.1 Å². The molecule has 0 saturated heterocycles. The average molecular weight is 423 g/mol. The van der Waals surface area contributed by atoms with Crippen LogP contribution >= 0.6 is 11.8 Å². The van der Waals surface area contributed by atoms with Crippen molar-refractivity contribution in [2.24, 2.45) is 0 Å². The first-order valence-electron chi connectivity index (χ1n) is 8.93. The number of urea groups is 1. The average Bonchev–Trinajstić information content (AvgIpc) is 3.15. The summed E-state index contributed by atoms with van der Waals surface area (Å²) in [5, 5.41) is 14.3. The Morgan fingerprint density at radius 3 is 2.76 bits per heavy atom. The molecule has 1 atom stereocenters. The minimum absolute atomic E-state index is 0.0609. The number of allylic oxidation sites excluding steroid dienone is 1. The molecule has 0 bridgehead atoms. The van der Waals surface area contributed by atoms with Gasteiger partial charge in [-0.15, -0.1) is 0 Å². The number of esters is 1. The number of nitro benzene ring substituents is 1. The van der Waals surface area contributed by atoms with Gasteiger partial charge in [0.2, 0.25) is 6.79 Å². The third-order valence-corrected chi connectivity index (χ3v) is 5.53. The number of amides is 2. The number of rotatable bonds is 7. The van der Waals surface area contributed by atoms with Crippen LogP contribution in [0.5, 0.6) is 11.5 Å². The summed E-state index contributed by atoms with van der Waals surface area (Å²) in [5.41, 5.74) is 0.327. The lowest BCUT2D eigenvalue weighted by Crippen LogP contribution is -2.46. The van der Waals surface area contributed by atoms with Gasteiger partial charge < -0.3 is 24.4 Å². The zero-order valence-corrected chi connectivity index (χ0v) is 17.0. The second-order valence-corrected chi connectivity index (χ2v) is 7.69. The predicted octanol–water partition coefficient (Wildman–Crippen LogP) is 2.59. The van der Waals surface area contributed by atoms with Crippen molar-refractivity contribution in [3.63, 3.8) is 0 Å². The Balaban J connectivity index is 2.03. The van der Waals surface area contributed by atoms with Crippen LogP contribution in [-0.2, 0) is 9.53 Å². The van der Waals surface area contributed by atoms with E-state index in [0.29, 0.717) is 17.2 Å². The highest BCUT2D eigenvalue weighted by atomic mass is 32.2. The molecule has 1 aromatic rings. The van der Waals surface area contributed by atoms with Crippen LogP contribution < -0.4 is 14.8 Å². The van der Waals surface area contributed by atoms with Crippen LogP contribution in [0.2, 0.25) is 0 Å². The van der Waals surface area contributed by atoms with Crippen LogP contribution in [0.1, 0.15) is 25.5 Å². The van der Waals surface area contributed by atoms with Crippen LogP contribution in [0.4, 0.5) is 10.5 Å². The minimum atomic E-state index is -1.06. The summed E-state index contributed by atoms with van der Waals surface area (Å²) < 4.78 is 15.9. The molecule has 2 heterocycles. The van der Waals surface area contributed by atoms with Gasteiger partial charge in [0.25, 0.3) is 5.69 Å². The maximum Gasteiger partial charge on any atom is 0.338 e. The molecule has 0 spiro atoms. The van der Waals surface area contributed by atoms with Crippen molar-refractivity contribution < 1.29 is 28.7 Å². The summed E-state index contributed by atoms with van der Waals surface area (Å²) in [7, 11) is 1.51. The maximum atomic E-state index is 12.8. The Morgan fingerprint density at radius 1 is 1.41 bits per heavy atom. The molecule has 2 amide bonds. The van der Waals surface area contributed by atoms with E-state index in [1.807, 2.05) is 6.92 Å². The fraction of sp³-hybridized carbons (Fsp3) is 0.444. The lowest BCUT2D eigenvalue weighted by Gasteiger charge is -2.33. The van der Waals surface area contributed by atoms with Crippen molar-refractivity contribution in [2.45, 2.75) is 19.9 Å². The summed E-state index contributed by atoms with van der Waals surface area (Å²) in [6.45, 7) is 3.73. The highest BCUT2D eigenvalue weighted by Gasteiger charge is 2.39. The molecule has 10 nitrogen and oxygen atoms in total. The van der Waals surface area contributed by atoms with E-state index < -0.39 is 23.0 Å². The first kappa shape index (κ1) is 20.8. The Kier molecular flexibility index (Phi) is 6.16. The molecular formula is C18H21N3O7S. The highest BCUT2D eigenvalue weighted by Crippen LogP contribution is 2.43. The normalized spacial score (nSPS) is 18.0. The number of carbonyl (C=O) groups excluding carboxylic acids is 2. The Bertz CT molecular complexity index is 886. The quantitative estimate of drug-likeness (QED) is 0.307. The molecule has 11 heteroatoms. The molecule has 0 aliphatic carbocycles. The molecule has 3 rings (SSSR count). The van der Waals surface area contributed by atoms with E-state index >= 15 is 0 Å². The molecule has 2 aliphatic heterocycles. The number of fused-ring (bicyclic) bond motifs is 1. The van der Waals surface area contributed by atoms with Crippen molar-refractivity contribution in [2.75, 3.05) is 32.0 Å². The smallest absolute Gasteiger partial charge is 0.338 e. The van der Waals surface area contributed by atoms with Crippen molar-refractivity contribution >= 4 is 29.4 Å². The monoisotopic (exact) mass is 423 g/mol. The SMILES string of the molecule is CCSCCOC(=O)C1=C(C)N(C)C(=O)N[C@@H]1c1cc2c(cc1[N+](=O)[O-])OCO2. The number of ether oxygens (including phenoxy) is 3. The van der Waals surface area contributed by atoms with Crippen molar-refractivity contribution in [3.05, 3.63) is 39.1 Å². The second kappa shape index (κ2) is 8.60. The molecule has 1 N–H and O–H groups in total. The second-order valence-electron chi connectivity index (χ2n) is 6.29. The van der Waals surface area contributed by atoms with Gasteiger partial charge in [-0.1, -0.05) is 6.92 Å². The predicted molar refractivity (Wildman–Crippen MR) is 105 cm³/mol. The third-order valence-electron chi connectivity index (χ3n) is 4.67. The van der Waals surface area contributed by atoms with Gasteiger partial charge in [0.1, 0.15) is 6.61 Å². The molecule has 2 aliphatic rings. The van der Waals surface area contributed by atoms with Gasteiger partial charge in [-0.25, -0.2) is 9.59 Å². The Labute approximate surface area is 171 Å². The molecule has 0 saturated carbocycles. The largest absolute Gasteiger partial charge is 0.461 e.